The standard InChI is InChI=1S/C21H16FN3O2S2/c1-13-23-16(11-28-13)10-27-19-5-3-2-4-17(19)20(26)25-21-24-18(12-29-21)14-6-8-15(22)9-7-14/h2-9,11-12H,10H2,1H3,(H,24,25,26). The normalized spacial score (nSPS) is 10.7. The maximum Gasteiger partial charge on any atom is 0.261 e. The van der Waals surface area contributed by atoms with E-state index in [-0.39, 0.29) is 11.7 Å². The van der Waals surface area contributed by atoms with Crippen molar-refractivity contribution in [3.63, 3.8) is 0 Å². The minimum absolute atomic E-state index is 0.292. The second-order valence-corrected chi connectivity index (χ2v) is 8.06. The fourth-order valence-corrected chi connectivity index (χ4v) is 3.97. The summed E-state index contributed by atoms with van der Waals surface area (Å²) < 4.78 is 18.9. The lowest BCUT2D eigenvalue weighted by atomic mass is 10.2. The number of aromatic nitrogens is 2. The average Bonchev–Trinajstić information content (AvgIpc) is 3.36. The Bertz CT molecular complexity index is 1140. The number of amides is 1. The van der Waals surface area contributed by atoms with Crippen molar-refractivity contribution < 1.29 is 13.9 Å². The van der Waals surface area contributed by atoms with E-state index in [1.54, 1.807) is 41.7 Å². The number of benzene rings is 2. The second-order valence-electron chi connectivity index (χ2n) is 6.14. The minimum Gasteiger partial charge on any atom is -0.486 e. The summed E-state index contributed by atoms with van der Waals surface area (Å²) in [6, 6.07) is 13.1. The number of hydrogen-bond acceptors (Lipinski definition) is 6. The first-order chi connectivity index (χ1) is 14.1. The van der Waals surface area contributed by atoms with Crippen LogP contribution in [0.3, 0.4) is 0 Å². The fourth-order valence-electron chi connectivity index (χ4n) is 2.66. The molecule has 0 aliphatic rings. The number of carbonyl (C=O) groups is 1. The van der Waals surface area contributed by atoms with Crippen LogP contribution in [0.15, 0.2) is 59.3 Å². The molecule has 4 aromatic rings. The van der Waals surface area contributed by atoms with Gasteiger partial charge in [-0.15, -0.1) is 22.7 Å². The lowest BCUT2D eigenvalue weighted by Gasteiger charge is -2.10. The van der Waals surface area contributed by atoms with Gasteiger partial charge in [-0.3, -0.25) is 10.1 Å². The van der Waals surface area contributed by atoms with Crippen molar-refractivity contribution in [2.45, 2.75) is 13.5 Å². The topological polar surface area (TPSA) is 64.1 Å². The van der Waals surface area contributed by atoms with Crippen molar-refractivity contribution in [2.24, 2.45) is 0 Å². The van der Waals surface area contributed by atoms with Crippen molar-refractivity contribution >= 4 is 33.7 Å². The predicted molar refractivity (Wildman–Crippen MR) is 113 cm³/mol. The van der Waals surface area contributed by atoms with Crippen molar-refractivity contribution in [2.75, 3.05) is 5.32 Å². The summed E-state index contributed by atoms with van der Waals surface area (Å²) in [5.74, 6) is -0.136. The monoisotopic (exact) mass is 425 g/mol. The predicted octanol–water partition coefficient (Wildman–Crippen LogP) is 5.55. The SMILES string of the molecule is Cc1nc(COc2ccccc2C(=O)Nc2nc(-c3ccc(F)cc3)cs2)cs1. The van der Waals surface area contributed by atoms with Gasteiger partial charge in [-0.2, -0.15) is 0 Å². The maximum absolute atomic E-state index is 13.1. The van der Waals surface area contributed by atoms with Gasteiger partial charge in [-0.25, -0.2) is 14.4 Å². The Hall–Kier alpha value is -3.10. The number of rotatable bonds is 6. The molecule has 0 saturated carbocycles. The number of halogens is 1. The van der Waals surface area contributed by atoms with Gasteiger partial charge in [0.15, 0.2) is 5.13 Å². The van der Waals surface area contributed by atoms with Gasteiger partial charge >= 0.3 is 0 Å². The smallest absolute Gasteiger partial charge is 0.261 e. The number of carbonyl (C=O) groups excluding carboxylic acids is 1. The number of nitrogens with one attached hydrogen (secondary N) is 1. The molecule has 2 aromatic heterocycles. The van der Waals surface area contributed by atoms with Crippen LogP contribution in [-0.4, -0.2) is 15.9 Å². The molecular weight excluding hydrogens is 409 g/mol. The zero-order valence-corrected chi connectivity index (χ0v) is 17.0. The summed E-state index contributed by atoms with van der Waals surface area (Å²) >= 11 is 2.86. The summed E-state index contributed by atoms with van der Waals surface area (Å²) in [6.45, 7) is 2.23. The Balaban J connectivity index is 1.47. The number of para-hydroxylation sites is 1. The van der Waals surface area contributed by atoms with E-state index in [1.807, 2.05) is 23.8 Å². The van der Waals surface area contributed by atoms with Crippen molar-refractivity contribution in [3.05, 3.63) is 81.4 Å². The molecular formula is C21H16FN3O2S2. The highest BCUT2D eigenvalue weighted by Crippen LogP contribution is 2.27. The summed E-state index contributed by atoms with van der Waals surface area (Å²) in [7, 11) is 0. The van der Waals surface area contributed by atoms with Crippen LogP contribution in [0.1, 0.15) is 21.1 Å². The average molecular weight is 426 g/mol. The van der Waals surface area contributed by atoms with E-state index in [0.717, 1.165) is 16.3 Å². The van der Waals surface area contributed by atoms with Crippen LogP contribution in [0, 0.1) is 12.7 Å². The third-order valence-corrected chi connectivity index (χ3v) is 5.62. The number of anilines is 1. The largest absolute Gasteiger partial charge is 0.486 e. The molecule has 0 aliphatic heterocycles. The van der Waals surface area contributed by atoms with Gasteiger partial charge in [-0.1, -0.05) is 12.1 Å². The van der Waals surface area contributed by atoms with Crippen molar-refractivity contribution in [3.8, 4) is 17.0 Å². The molecule has 0 radical (unpaired) electrons. The molecule has 1 amide bonds. The quantitative estimate of drug-likeness (QED) is 0.440. The van der Waals surface area contributed by atoms with Crippen LogP contribution in [0.25, 0.3) is 11.3 Å². The molecule has 4 rings (SSSR count). The molecule has 0 spiro atoms. The number of nitrogens with zero attached hydrogens (tertiary/aromatic N) is 2. The Kier molecular flexibility index (Phi) is 5.64. The molecule has 0 atom stereocenters. The van der Waals surface area contributed by atoms with E-state index >= 15 is 0 Å². The third-order valence-electron chi connectivity index (χ3n) is 4.04. The first-order valence-electron chi connectivity index (χ1n) is 8.74. The molecule has 1 N–H and O–H groups in total. The van der Waals surface area contributed by atoms with Crippen LogP contribution < -0.4 is 10.1 Å². The summed E-state index contributed by atoms with van der Waals surface area (Å²) in [5.41, 5.74) is 2.70. The van der Waals surface area contributed by atoms with Gasteiger partial charge in [0.05, 0.1) is 22.0 Å². The summed E-state index contributed by atoms with van der Waals surface area (Å²) in [5, 5.41) is 7.98. The molecule has 29 heavy (non-hydrogen) atoms. The van der Waals surface area contributed by atoms with E-state index in [9.17, 15) is 9.18 Å². The lowest BCUT2D eigenvalue weighted by molar-refractivity contribution is 0.102. The second kappa shape index (κ2) is 8.50. The highest BCUT2D eigenvalue weighted by molar-refractivity contribution is 7.14. The van der Waals surface area contributed by atoms with Crippen LogP contribution in [-0.2, 0) is 6.61 Å². The van der Waals surface area contributed by atoms with Gasteiger partial charge < -0.3 is 4.74 Å². The molecule has 2 aromatic carbocycles. The molecule has 0 bridgehead atoms. The lowest BCUT2D eigenvalue weighted by Crippen LogP contribution is -2.13. The third kappa shape index (κ3) is 4.67. The van der Waals surface area contributed by atoms with E-state index in [4.69, 9.17) is 4.74 Å². The fraction of sp³-hybridized carbons (Fsp3) is 0.0952. The highest BCUT2D eigenvalue weighted by atomic mass is 32.1. The Morgan fingerprint density at radius 1 is 1.07 bits per heavy atom. The molecule has 146 valence electrons. The van der Waals surface area contributed by atoms with Crippen LogP contribution >= 0.6 is 22.7 Å². The minimum atomic E-state index is -0.310. The molecule has 0 fully saturated rings. The first-order valence-corrected chi connectivity index (χ1v) is 10.5. The maximum atomic E-state index is 13.1. The van der Waals surface area contributed by atoms with Gasteiger partial charge in [0, 0.05) is 16.3 Å². The molecule has 0 unspecified atom stereocenters. The molecule has 2 heterocycles. The highest BCUT2D eigenvalue weighted by Gasteiger charge is 2.15. The van der Waals surface area contributed by atoms with Crippen molar-refractivity contribution in [1.82, 2.24) is 9.97 Å². The zero-order valence-electron chi connectivity index (χ0n) is 15.4. The number of ether oxygens (including phenoxy) is 1. The summed E-state index contributed by atoms with van der Waals surface area (Å²) in [4.78, 5) is 21.5. The van der Waals surface area contributed by atoms with Crippen LogP contribution in [0.2, 0.25) is 0 Å². The number of aryl methyl sites for hydroxylation is 1. The number of thiazole rings is 2. The van der Waals surface area contributed by atoms with Gasteiger partial charge in [-0.05, 0) is 43.3 Å². The summed E-state index contributed by atoms with van der Waals surface area (Å²) in [6.07, 6.45) is 0. The van der Waals surface area contributed by atoms with Crippen molar-refractivity contribution in [1.29, 1.82) is 0 Å². The first kappa shape index (κ1) is 19.2. The van der Waals surface area contributed by atoms with E-state index in [0.29, 0.717) is 28.7 Å². The Labute approximate surface area is 174 Å². The van der Waals surface area contributed by atoms with Crippen LogP contribution in [0.4, 0.5) is 9.52 Å². The molecule has 0 aliphatic carbocycles. The van der Waals surface area contributed by atoms with Gasteiger partial charge in [0.2, 0.25) is 0 Å². The number of hydrogen-bond donors (Lipinski definition) is 1. The Morgan fingerprint density at radius 3 is 2.62 bits per heavy atom. The molecule has 8 heteroatoms. The van der Waals surface area contributed by atoms with E-state index < -0.39 is 0 Å². The molecule has 0 saturated heterocycles. The zero-order chi connectivity index (χ0) is 20.2. The van der Waals surface area contributed by atoms with Crippen LogP contribution in [0.5, 0.6) is 5.75 Å². The van der Waals surface area contributed by atoms with E-state index in [2.05, 4.69) is 15.3 Å². The van der Waals surface area contributed by atoms with E-state index in [1.165, 1.54) is 23.5 Å². The van der Waals surface area contributed by atoms with Gasteiger partial charge in [0.1, 0.15) is 18.2 Å². The molecule has 5 nitrogen and oxygen atoms in total. The Morgan fingerprint density at radius 2 is 1.86 bits per heavy atom. The van der Waals surface area contributed by atoms with Gasteiger partial charge in [0.25, 0.3) is 5.91 Å².